The Bertz CT molecular complexity index is 5.25. The van der Waals surface area contributed by atoms with Crippen molar-refractivity contribution in [3.05, 3.63) is 7.05 Å². The largest absolute Gasteiger partial charge is 0.311 e. The third kappa shape index (κ3) is 1.96. The molecule has 0 fully saturated rings. The fraction of sp³-hybridized carbons (Fsp3) is 0.667. The van der Waals surface area contributed by atoms with E-state index in [9.17, 15) is 0 Å². The molecule has 0 aromatic carbocycles. The van der Waals surface area contributed by atoms with Crippen LogP contribution in [0.2, 0.25) is 0 Å². The predicted molar refractivity (Wildman–Crippen MR) is 18.0 cm³/mol. The van der Waals surface area contributed by atoms with Crippen molar-refractivity contribution >= 4 is 0 Å². The SMILES string of the molecule is [CH]NCC. The van der Waals surface area contributed by atoms with Crippen LogP contribution >= 0.6 is 0 Å². The molecule has 1 nitrogen and oxygen atoms in total. The molecule has 0 heterocycles. The highest BCUT2D eigenvalue weighted by atomic mass is 14.8. The summed E-state index contributed by atoms with van der Waals surface area (Å²) in [6, 6.07) is 0. The number of hydrogen-bond donors (Lipinski definition) is 1. The average molecular weight is 57.1 g/mol. The molecule has 0 aliphatic rings. The molecule has 0 aromatic heterocycles. The number of hydrogen-bond acceptors (Lipinski definition) is 1. The Kier molecular flexibility index (Phi) is 2.93. The highest BCUT2D eigenvalue weighted by molar-refractivity contribution is 4.25. The zero-order valence-corrected chi connectivity index (χ0v) is 2.78. The zero-order chi connectivity index (χ0) is 3.41. The molecule has 0 aliphatic heterocycles. The minimum atomic E-state index is 0.847. The monoisotopic (exact) mass is 57.1 g/mol. The molecule has 1 N–H and O–H groups in total. The molecule has 1 heteroatoms. The van der Waals surface area contributed by atoms with Gasteiger partial charge in [0.15, 0.2) is 0 Å². The maximum atomic E-state index is 4.78. The van der Waals surface area contributed by atoms with E-state index in [1.807, 2.05) is 6.92 Å². The summed E-state index contributed by atoms with van der Waals surface area (Å²) in [5.41, 5.74) is 0. The van der Waals surface area contributed by atoms with Crippen LogP contribution in [0.25, 0.3) is 0 Å². The van der Waals surface area contributed by atoms with Crippen molar-refractivity contribution in [1.82, 2.24) is 5.32 Å². The van der Waals surface area contributed by atoms with E-state index < -0.39 is 0 Å². The van der Waals surface area contributed by atoms with E-state index in [0.717, 1.165) is 6.54 Å². The van der Waals surface area contributed by atoms with Gasteiger partial charge in [0.2, 0.25) is 0 Å². The molecule has 2 radical (unpaired) electrons. The van der Waals surface area contributed by atoms with Gasteiger partial charge in [0.25, 0.3) is 0 Å². The lowest BCUT2D eigenvalue weighted by Gasteiger charge is -1.74. The lowest BCUT2D eigenvalue weighted by molar-refractivity contribution is 0.916. The van der Waals surface area contributed by atoms with E-state index in [1.165, 1.54) is 0 Å². The van der Waals surface area contributed by atoms with Crippen molar-refractivity contribution in [2.45, 2.75) is 6.92 Å². The summed E-state index contributed by atoms with van der Waals surface area (Å²) in [5, 5.41) is 2.43. The minimum Gasteiger partial charge on any atom is -0.311 e. The first-order chi connectivity index (χ1) is 1.91. The smallest absolute Gasteiger partial charge is 0.0407 e. The number of nitrogens with one attached hydrogen (secondary N) is 1. The zero-order valence-electron chi connectivity index (χ0n) is 2.78. The number of rotatable bonds is 1. The molecular formula is C3H7N. The van der Waals surface area contributed by atoms with Crippen LogP contribution in [0.4, 0.5) is 0 Å². The first-order valence-corrected chi connectivity index (χ1v) is 1.35. The molecule has 0 aliphatic carbocycles. The normalized spacial score (nSPS) is 7.50. The molecule has 0 saturated heterocycles. The van der Waals surface area contributed by atoms with Crippen molar-refractivity contribution in [2.75, 3.05) is 6.54 Å². The van der Waals surface area contributed by atoms with E-state index in [0.29, 0.717) is 0 Å². The van der Waals surface area contributed by atoms with E-state index in [1.54, 1.807) is 0 Å². The molecule has 0 unspecified atom stereocenters. The van der Waals surface area contributed by atoms with Gasteiger partial charge in [0.05, 0.1) is 0 Å². The Morgan fingerprint density at radius 3 is 2.25 bits per heavy atom. The van der Waals surface area contributed by atoms with Gasteiger partial charge in [-0.15, -0.1) is 0 Å². The van der Waals surface area contributed by atoms with Gasteiger partial charge in [-0.25, -0.2) is 0 Å². The summed E-state index contributed by atoms with van der Waals surface area (Å²) in [6.45, 7) is 2.79. The summed E-state index contributed by atoms with van der Waals surface area (Å²) in [5.74, 6) is 0. The fourth-order valence-corrected chi connectivity index (χ4v) is 0. The molecule has 0 bridgehead atoms. The summed E-state index contributed by atoms with van der Waals surface area (Å²) < 4.78 is 0. The van der Waals surface area contributed by atoms with Crippen LogP contribution in [0.3, 0.4) is 0 Å². The van der Waals surface area contributed by atoms with Gasteiger partial charge in [0, 0.05) is 7.05 Å². The molecule has 0 spiro atoms. The van der Waals surface area contributed by atoms with E-state index >= 15 is 0 Å². The van der Waals surface area contributed by atoms with Gasteiger partial charge in [-0.1, -0.05) is 6.92 Å². The maximum Gasteiger partial charge on any atom is 0.0407 e. The lowest BCUT2D eigenvalue weighted by atomic mass is 10.8. The third-order valence-electron chi connectivity index (χ3n) is 0.204. The topological polar surface area (TPSA) is 12.0 Å². The van der Waals surface area contributed by atoms with Gasteiger partial charge in [-0.05, 0) is 6.54 Å². The van der Waals surface area contributed by atoms with Crippen molar-refractivity contribution in [2.24, 2.45) is 0 Å². The van der Waals surface area contributed by atoms with E-state index in [-0.39, 0.29) is 0 Å². The quantitative estimate of drug-likeness (QED) is 0.426. The summed E-state index contributed by atoms with van der Waals surface area (Å²) in [4.78, 5) is 0. The van der Waals surface area contributed by atoms with Crippen LogP contribution in [0.1, 0.15) is 6.92 Å². The standard InChI is InChI=1S/C3H7N/c1-3-4-2/h2,4H,3H2,1H3. The Morgan fingerprint density at radius 2 is 2.25 bits per heavy atom. The van der Waals surface area contributed by atoms with Crippen LogP contribution in [-0.2, 0) is 0 Å². The maximum absolute atomic E-state index is 4.78. The second kappa shape index (κ2) is 2.96. The Balaban J connectivity index is 1.97. The van der Waals surface area contributed by atoms with Crippen molar-refractivity contribution in [3.63, 3.8) is 0 Å². The van der Waals surface area contributed by atoms with Crippen molar-refractivity contribution in [3.8, 4) is 0 Å². The van der Waals surface area contributed by atoms with Crippen LogP contribution in [0.5, 0.6) is 0 Å². The molecule has 0 aromatic rings. The fourth-order valence-electron chi connectivity index (χ4n) is 0. The van der Waals surface area contributed by atoms with Gasteiger partial charge in [0.1, 0.15) is 0 Å². The first kappa shape index (κ1) is 3.96. The van der Waals surface area contributed by atoms with Crippen molar-refractivity contribution in [1.29, 1.82) is 0 Å². The van der Waals surface area contributed by atoms with E-state index in [4.69, 9.17) is 7.05 Å². The molecule has 0 atom stereocenters. The minimum absolute atomic E-state index is 0.847. The molecule has 0 saturated carbocycles. The summed E-state index contributed by atoms with van der Waals surface area (Å²) in [6.07, 6.45) is 0. The molecule has 24 valence electrons. The molecule has 0 amide bonds. The predicted octanol–water partition coefficient (Wildman–Crippen LogP) is 0.264. The Hall–Kier alpha value is -0.0400. The second-order valence-corrected chi connectivity index (χ2v) is 0.558. The van der Waals surface area contributed by atoms with Crippen LogP contribution in [-0.4, -0.2) is 6.54 Å². The van der Waals surface area contributed by atoms with Gasteiger partial charge in [-0.3, -0.25) is 0 Å². The summed E-state index contributed by atoms with van der Waals surface area (Å²) in [7, 11) is 4.78. The van der Waals surface area contributed by atoms with Gasteiger partial charge in [-0.2, -0.15) is 0 Å². The van der Waals surface area contributed by atoms with Crippen LogP contribution in [0.15, 0.2) is 0 Å². The molecule has 4 heavy (non-hydrogen) atoms. The summed E-state index contributed by atoms with van der Waals surface area (Å²) >= 11 is 0. The molecular weight excluding hydrogens is 50.0 g/mol. The Morgan fingerprint density at radius 1 is 2.00 bits per heavy atom. The highest BCUT2D eigenvalue weighted by Crippen LogP contribution is 1.37. The van der Waals surface area contributed by atoms with Crippen LogP contribution in [0, 0.1) is 7.05 Å². The molecule has 0 rings (SSSR count). The van der Waals surface area contributed by atoms with Crippen molar-refractivity contribution < 1.29 is 0 Å². The van der Waals surface area contributed by atoms with Gasteiger partial charge < -0.3 is 5.32 Å². The first-order valence-electron chi connectivity index (χ1n) is 1.35. The van der Waals surface area contributed by atoms with Crippen LogP contribution < -0.4 is 5.32 Å². The highest BCUT2D eigenvalue weighted by Gasteiger charge is 1.51. The van der Waals surface area contributed by atoms with Gasteiger partial charge >= 0.3 is 0 Å². The second-order valence-electron chi connectivity index (χ2n) is 0.558. The average Bonchev–Trinajstić information content (AvgIpc) is 1.37. The van der Waals surface area contributed by atoms with E-state index in [2.05, 4.69) is 5.32 Å². The lowest BCUT2D eigenvalue weighted by Crippen LogP contribution is -1.97. The Labute approximate surface area is 27.0 Å². The third-order valence-corrected chi connectivity index (χ3v) is 0.204.